The van der Waals surface area contributed by atoms with Crippen molar-refractivity contribution < 1.29 is 13.6 Å². The summed E-state index contributed by atoms with van der Waals surface area (Å²) in [6.45, 7) is 0. The van der Waals surface area contributed by atoms with Crippen molar-refractivity contribution in [3.05, 3.63) is 206 Å². The minimum Gasteiger partial charge on any atom is -0.456 e. The summed E-state index contributed by atoms with van der Waals surface area (Å²) in [6.07, 6.45) is 0. The first-order chi connectivity index (χ1) is 31.7. The summed E-state index contributed by atoms with van der Waals surface area (Å²) in [4.78, 5) is 17.3. The topological polar surface area (TPSA) is 77.4 Å². The van der Waals surface area contributed by atoms with E-state index in [4.69, 9.17) is 28.5 Å². The molecule has 0 bridgehead atoms. The van der Waals surface area contributed by atoms with Crippen LogP contribution in [0.25, 0.3) is 100 Å². The number of fused-ring (bicyclic) bond motifs is 8. The zero-order valence-corrected chi connectivity index (χ0v) is 34.1. The van der Waals surface area contributed by atoms with E-state index in [0.717, 1.165) is 111 Å². The first kappa shape index (κ1) is 35.9. The van der Waals surface area contributed by atoms with Crippen LogP contribution >= 0.6 is 0 Å². The molecular formula is C57H34N4O3. The lowest BCUT2D eigenvalue weighted by atomic mass is 9.99. The molecule has 9 aromatic carbocycles. The van der Waals surface area contributed by atoms with Crippen LogP contribution in [-0.4, -0.2) is 15.0 Å². The van der Waals surface area contributed by atoms with Gasteiger partial charge < -0.3 is 18.5 Å². The van der Waals surface area contributed by atoms with Gasteiger partial charge in [0.25, 0.3) is 0 Å². The molecule has 1 aliphatic rings. The summed E-state index contributed by atoms with van der Waals surface area (Å²) < 4.78 is 19.6. The third-order valence-electron chi connectivity index (χ3n) is 12.1. The SMILES string of the molecule is c1ccc(-c2nc(-c3ccccc3)nc(-c3cccc4oc5ccc(-c6ccc7c(c6)Oc6ccccc6N7c6ccc(-c7cccc8c7oc7ccccc78)cc6)cc5c34)n2)cc1. The maximum Gasteiger partial charge on any atom is 0.164 e. The number of hydrogen-bond acceptors (Lipinski definition) is 7. The van der Waals surface area contributed by atoms with Crippen LogP contribution in [0.4, 0.5) is 17.1 Å². The Labute approximate surface area is 367 Å². The van der Waals surface area contributed by atoms with Crippen LogP contribution in [0.3, 0.4) is 0 Å². The molecule has 0 atom stereocenters. The maximum absolute atomic E-state index is 6.68. The third-order valence-corrected chi connectivity index (χ3v) is 12.1. The largest absolute Gasteiger partial charge is 0.456 e. The minimum absolute atomic E-state index is 0.576. The van der Waals surface area contributed by atoms with E-state index >= 15 is 0 Å². The van der Waals surface area contributed by atoms with Crippen LogP contribution in [0, 0.1) is 0 Å². The fraction of sp³-hybridized carbons (Fsp3) is 0. The van der Waals surface area contributed by atoms with Crippen molar-refractivity contribution in [3.8, 4) is 67.9 Å². The molecule has 0 unspecified atom stereocenters. The highest BCUT2D eigenvalue weighted by Crippen LogP contribution is 2.52. The summed E-state index contributed by atoms with van der Waals surface area (Å²) in [5.74, 6) is 3.34. The lowest BCUT2D eigenvalue weighted by Crippen LogP contribution is -2.15. The Bertz CT molecular complexity index is 3710. The second kappa shape index (κ2) is 14.4. The normalized spacial score (nSPS) is 12.2. The van der Waals surface area contributed by atoms with Gasteiger partial charge >= 0.3 is 0 Å². The van der Waals surface area contributed by atoms with Crippen LogP contribution in [0.1, 0.15) is 0 Å². The van der Waals surface area contributed by atoms with Crippen LogP contribution in [0.15, 0.2) is 215 Å². The lowest BCUT2D eigenvalue weighted by molar-refractivity contribution is 0.477. The van der Waals surface area contributed by atoms with Gasteiger partial charge in [0, 0.05) is 49.5 Å². The number of ether oxygens (including phenoxy) is 1. The molecule has 4 heterocycles. The molecule has 0 fully saturated rings. The predicted octanol–water partition coefficient (Wildman–Crippen LogP) is 15.6. The van der Waals surface area contributed by atoms with Gasteiger partial charge in [0.05, 0.1) is 11.4 Å². The highest BCUT2D eigenvalue weighted by atomic mass is 16.5. The van der Waals surface area contributed by atoms with Gasteiger partial charge in [-0.2, -0.15) is 0 Å². The number of anilines is 3. The minimum atomic E-state index is 0.576. The second-order valence-electron chi connectivity index (χ2n) is 15.9. The first-order valence-corrected chi connectivity index (χ1v) is 21.2. The van der Waals surface area contributed by atoms with E-state index < -0.39 is 0 Å². The quantitative estimate of drug-likeness (QED) is 0.165. The van der Waals surface area contributed by atoms with Crippen molar-refractivity contribution in [1.82, 2.24) is 15.0 Å². The van der Waals surface area contributed by atoms with E-state index in [1.165, 1.54) is 0 Å². The van der Waals surface area contributed by atoms with Gasteiger partial charge in [-0.1, -0.05) is 146 Å². The number of benzene rings is 9. The molecule has 0 aliphatic carbocycles. The second-order valence-corrected chi connectivity index (χ2v) is 15.9. The monoisotopic (exact) mass is 822 g/mol. The molecule has 7 heteroatoms. The van der Waals surface area contributed by atoms with Gasteiger partial charge in [-0.15, -0.1) is 0 Å². The lowest BCUT2D eigenvalue weighted by Gasteiger charge is -2.33. The van der Waals surface area contributed by atoms with Crippen molar-refractivity contribution in [2.45, 2.75) is 0 Å². The van der Waals surface area contributed by atoms with Crippen LogP contribution in [0.5, 0.6) is 11.5 Å². The molecule has 7 nitrogen and oxygen atoms in total. The summed E-state index contributed by atoms with van der Waals surface area (Å²) in [7, 11) is 0. The molecule has 0 amide bonds. The van der Waals surface area contributed by atoms with Crippen molar-refractivity contribution in [3.63, 3.8) is 0 Å². The molecule has 1 aliphatic heterocycles. The van der Waals surface area contributed by atoms with E-state index in [-0.39, 0.29) is 0 Å². The molecule has 13 rings (SSSR count). The first-order valence-electron chi connectivity index (χ1n) is 21.2. The van der Waals surface area contributed by atoms with Crippen molar-refractivity contribution >= 4 is 60.9 Å². The molecular weight excluding hydrogens is 789 g/mol. The van der Waals surface area contributed by atoms with E-state index in [0.29, 0.717) is 17.5 Å². The van der Waals surface area contributed by atoms with Gasteiger partial charge in [0.15, 0.2) is 29.0 Å². The highest BCUT2D eigenvalue weighted by Gasteiger charge is 2.27. The Kier molecular flexibility index (Phi) is 8.08. The van der Waals surface area contributed by atoms with Crippen LogP contribution in [0.2, 0.25) is 0 Å². The zero-order chi connectivity index (χ0) is 42.1. The number of furan rings is 2. The number of nitrogens with zero attached hydrogens (tertiary/aromatic N) is 4. The van der Waals surface area contributed by atoms with Gasteiger partial charge in [0.1, 0.15) is 22.3 Å². The van der Waals surface area contributed by atoms with Crippen LogP contribution in [-0.2, 0) is 0 Å². The Morgan fingerprint density at radius 3 is 1.75 bits per heavy atom. The Morgan fingerprint density at radius 1 is 0.344 bits per heavy atom. The van der Waals surface area contributed by atoms with Gasteiger partial charge in [-0.05, 0) is 77.4 Å². The number of hydrogen-bond donors (Lipinski definition) is 0. The smallest absolute Gasteiger partial charge is 0.164 e. The predicted molar refractivity (Wildman–Crippen MR) is 256 cm³/mol. The molecule has 3 aromatic heterocycles. The Morgan fingerprint density at radius 2 is 0.938 bits per heavy atom. The molecule has 0 N–H and O–H groups in total. The Hall–Kier alpha value is -8.81. The highest BCUT2D eigenvalue weighted by molar-refractivity contribution is 6.13. The fourth-order valence-corrected chi connectivity index (χ4v) is 9.10. The maximum atomic E-state index is 6.68. The summed E-state index contributed by atoms with van der Waals surface area (Å²) >= 11 is 0. The number of rotatable bonds is 6. The van der Waals surface area contributed by atoms with Crippen LogP contribution < -0.4 is 9.64 Å². The zero-order valence-electron chi connectivity index (χ0n) is 34.1. The van der Waals surface area contributed by atoms with Gasteiger partial charge in [-0.3, -0.25) is 0 Å². The fourth-order valence-electron chi connectivity index (χ4n) is 9.10. The number of aromatic nitrogens is 3. The van der Waals surface area contributed by atoms with Crippen molar-refractivity contribution in [2.75, 3.05) is 4.90 Å². The summed E-state index contributed by atoms with van der Waals surface area (Å²) in [5.41, 5.74) is 13.1. The molecule has 0 spiro atoms. The molecule has 12 aromatic rings. The van der Waals surface area contributed by atoms with Crippen molar-refractivity contribution in [2.24, 2.45) is 0 Å². The third kappa shape index (κ3) is 5.86. The Balaban J connectivity index is 0.897. The average molecular weight is 823 g/mol. The summed E-state index contributed by atoms with van der Waals surface area (Å²) in [6, 6.07) is 70.3. The molecule has 0 saturated carbocycles. The van der Waals surface area contributed by atoms with E-state index in [1.54, 1.807) is 0 Å². The average Bonchev–Trinajstić information content (AvgIpc) is 3.94. The summed E-state index contributed by atoms with van der Waals surface area (Å²) in [5, 5.41) is 4.14. The standard InChI is InChI=1S/C57H34N4O3/c1-3-13-36(14-4-1)55-58-56(37-15-5-2-6-16-37)60-57(59-55)44-20-12-24-51-53(44)45-33-38(28-32-49(45)62-51)39-27-31-47-52(34-39)63-50-23-10-8-21-46(50)61(47)40-29-25-35(26-30-40)41-18-11-19-43-42-17-7-9-22-48(42)64-54(41)43/h1-34H. The molecule has 0 radical (unpaired) electrons. The molecule has 300 valence electrons. The van der Waals surface area contributed by atoms with E-state index in [9.17, 15) is 0 Å². The van der Waals surface area contributed by atoms with E-state index in [1.807, 2.05) is 109 Å². The molecule has 64 heavy (non-hydrogen) atoms. The van der Waals surface area contributed by atoms with E-state index in [2.05, 4.69) is 102 Å². The molecule has 0 saturated heterocycles. The number of para-hydroxylation sites is 4. The van der Waals surface area contributed by atoms with Crippen molar-refractivity contribution in [1.29, 1.82) is 0 Å². The van der Waals surface area contributed by atoms with Gasteiger partial charge in [0.2, 0.25) is 0 Å². The van der Waals surface area contributed by atoms with Gasteiger partial charge in [-0.25, -0.2) is 15.0 Å².